The van der Waals surface area contributed by atoms with E-state index in [1.54, 1.807) is 6.08 Å². The molecule has 0 aromatic heterocycles. The number of hydrogen-bond donors (Lipinski definition) is 2. The number of aliphatic hydroxyl groups excluding tert-OH is 2. The zero-order valence-corrected chi connectivity index (χ0v) is 7.62. The molecule has 0 heterocycles. The van der Waals surface area contributed by atoms with Gasteiger partial charge in [-0.15, -0.1) is 0 Å². The molecular formula is C10H16O2. The van der Waals surface area contributed by atoms with Gasteiger partial charge in [0.2, 0.25) is 0 Å². The van der Waals surface area contributed by atoms with E-state index in [2.05, 4.69) is 6.58 Å². The summed E-state index contributed by atoms with van der Waals surface area (Å²) in [7, 11) is 0. The minimum Gasteiger partial charge on any atom is -0.389 e. The third-order valence-electron chi connectivity index (χ3n) is 2.48. The van der Waals surface area contributed by atoms with Crippen LogP contribution in [0, 0.1) is 5.92 Å². The lowest BCUT2D eigenvalue weighted by Crippen LogP contribution is -2.30. The maximum absolute atomic E-state index is 9.58. The fourth-order valence-corrected chi connectivity index (χ4v) is 1.56. The highest BCUT2D eigenvalue weighted by Gasteiger charge is 2.27. The van der Waals surface area contributed by atoms with Gasteiger partial charge in [-0.2, -0.15) is 0 Å². The predicted octanol–water partition coefficient (Wildman–Crippen LogP) is 1.25. The molecule has 1 aliphatic rings. The van der Waals surface area contributed by atoms with Crippen molar-refractivity contribution in [2.24, 2.45) is 5.92 Å². The molecule has 12 heavy (non-hydrogen) atoms. The van der Waals surface area contributed by atoms with Gasteiger partial charge in [-0.1, -0.05) is 18.2 Å². The van der Waals surface area contributed by atoms with E-state index < -0.39 is 12.2 Å². The normalized spacial score (nSPS) is 36.0. The Balaban J connectivity index is 2.79. The van der Waals surface area contributed by atoms with Gasteiger partial charge in [-0.3, -0.25) is 0 Å². The molecule has 0 aromatic carbocycles. The number of hydrogen-bond acceptors (Lipinski definition) is 2. The Labute approximate surface area is 73.2 Å². The first-order chi connectivity index (χ1) is 5.52. The second kappa shape index (κ2) is 3.42. The summed E-state index contributed by atoms with van der Waals surface area (Å²) >= 11 is 0. The van der Waals surface area contributed by atoms with Crippen LogP contribution in [-0.2, 0) is 0 Å². The van der Waals surface area contributed by atoms with Gasteiger partial charge in [0.25, 0.3) is 0 Å². The van der Waals surface area contributed by atoms with Crippen molar-refractivity contribution in [1.82, 2.24) is 0 Å². The minimum absolute atomic E-state index is 0.0173. The zero-order valence-electron chi connectivity index (χ0n) is 7.62. The van der Waals surface area contributed by atoms with Crippen LogP contribution in [-0.4, -0.2) is 22.4 Å². The van der Waals surface area contributed by atoms with Crippen LogP contribution in [0.15, 0.2) is 23.8 Å². The van der Waals surface area contributed by atoms with Crippen LogP contribution in [0.3, 0.4) is 0 Å². The van der Waals surface area contributed by atoms with Crippen molar-refractivity contribution in [3.63, 3.8) is 0 Å². The molecule has 0 radical (unpaired) electrons. The average Bonchev–Trinajstić information content (AvgIpc) is 1.96. The maximum Gasteiger partial charge on any atom is 0.0790 e. The summed E-state index contributed by atoms with van der Waals surface area (Å²) in [6.07, 6.45) is 1.44. The third kappa shape index (κ3) is 1.76. The summed E-state index contributed by atoms with van der Waals surface area (Å²) in [5, 5.41) is 19.1. The summed E-state index contributed by atoms with van der Waals surface area (Å²) in [6, 6.07) is 0. The smallest absolute Gasteiger partial charge is 0.0790 e. The van der Waals surface area contributed by atoms with Gasteiger partial charge in [0.1, 0.15) is 0 Å². The van der Waals surface area contributed by atoms with E-state index in [0.29, 0.717) is 6.42 Å². The molecular weight excluding hydrogens is 152 g/mol. The zero-order chi connectivity index (χ0) is 9.30. The van der Waals surface area contributed by atoms with E-state index >= 15 is 0 Å². The van der Waals surface area contributed by atoms with Crippen LogP contribution in [0.25, 0.3) is 0 Å². The molecule has 0 amide bonds. The highest BCUT2D eigenvalue weighted by molar-refractivity contribution is 5.18. The molecule has 3 unspecified atom stereocenters. The van der Waals surface area contributed by atoms with Gasteiger partial charge in [-0.25, -0.2) is 0 Å². The van der Waals surface area contributed by atoms with E-state index in [1.165, 1.54) is 0 Å². The largest absolute Gasteiger partial charge is 0.389 e. The monoisotopic (exact) mass is 168 g/mol. The van der Waals surface area contributed by atoms with E-state index in [-0.39, 0.29) is 5.92 Å². The van der Waals surface area contributed by atoms with Crippen molar-refractivity contribution in [3.05, 3.63) is 23.8 Å². The van der Waals surface area contributed by atoms with Crippen LogP contribution in [0.1, 0.15) is 20.3 Å². The van der Waals surface area contributed by atoms with E-state index in [9.17, 15) is 10.2 Å². The van der Waals surface area contributed by atoms with E-state index in [4.69, 9.17) is 0 Å². The first-order valence-electron chi connectivity index (χ1n) is 4.22. The summed E-state index contributed by atoms with van der Waals surface area (Å²) in [5.41, 5.74) is 1.80. The van der Waals surface area contributed by atoms with Crippen molar-refractivity contribution < 1.29 is 10.2 Å². The third-order valence-corrected chi connectivity index (χ3v) is 2.48. The molecule has 0 spiro atoms. The van der Waals surface area contributed by atoms with Crippen LogP contribution in [0.2, 0.25) is 0 Å². The average molecular weight is 168 g/mol. The minimum atomic E-state index is -0.467. The van der Waals surface area contributed by atoms with Crippen molar-refractivity contribution in [2.75, 3.05) is 0 Å². The van der Waals surface area contributed by atoms with Crippen LogP contribution in [0.5, 0.6) is 0 Å². The first kappa shape index (κ1) is 9.49. The molecule has 2 nitrogen and oxygen atoms in total. The SMILES string of the molecule is C=C(C)C1CC(O)C(C)=CC1O. The van der Waals surface area contributed by atoms with Gasteiger partial charge < -0.3 is 10.2 Å². The Morgan fingerprint density at radius 2 is 2.17 bits per heavy atom. The number of aliphatic hydroxyl groups is 2. The summed E-state index contributed by atoms with van der Waals surface area (Å²) in [4.78, 5) is 0. The second-order valence-corrected chi connectivity index (χ2v) is 3.61. The Bertz CT molecular complexity index is 218. The Morgan fingerprint density at radius 1 is 1.58 bits per heavy atom. The van der Waals surface area contributed by atoms with Gasteiger partial charge >= 0.3 is 0 Å². The lowest BCUT2D eigenvalue weighted by Gasteiger charge is -2.29. The standard InChI is InChI=1S/C10H16O2/c1-6(2)8-5-9(11)7(3)4-10(8)12/h4,8-12H,1,5H2,2-3H3. The van der Waals surface area contributed by atoms with Gasteiger partial charge in [0.05, 0.1) is 12.2 Å². The van der Waals surface area contributed by atoms with E-state index in [1.807, 2.05) is 13.8 Å². The number of rotatable bonds is 1. The predicted molar refractivity (Wildman–Crippen MR) is 48.7 cm³/mol. The molecule has 68 valence electrons. The van der Waals surface area contributed by atoms with Crippen molar-refractivity contribution in [1.29, 1.82) is 0 Å². The molecule has 0 saturated heterocycles. The molecule has 0 aliphatic heterocycles. The lowest BCUT2D eigenvalue weighted by atomic mass is 9.82. The quantitative estimate of drug-likeness (QED) is 0.578. The van der Waals surface area contributed by atoms with E-state index in [0.717, 1.165) is 11.1 Å². The summed E-state index contributed by atoms with van der Waals surface area (Å²) in [6.45, 7) is 7.51. The Morgan fingerprint density at radius 3 is 2.67 bits per heavy atom. The van der Waals surface area contributed by atoms with Crippen LogP contribution in [0.4, 0.5) is 0 Å². The lowest BCUT2D eigenvalue weighted by molar-refractivity contribution is 0.1000. The van der Waals surface area contributed by atoms with Crippen molar-refractivity contribution >= 4 is 0 Å². The van der Waals surface area contributed by atoms with Gasteiger partial charge in [-0.05, 0) is 25.8 Å². The second-order valence-electron chi connectivity index (χ2n) is 3.61. The fraction of sp³-hybridized carbons (Fsp3) is 0.600. The first-order valence-corrected chi connectivity index (χ1v) is 4.22. The topological polar surface area (TPSA) is 40.5 Å². The highest BCUT2D eigenvalue weighted by atomic mass is 16.3. The fourth-order valence-electron chi connectivity index (χ4n) is 1.56. The Kier molecular flexibility index (Phi) is 2.70. The maximum atomic E-state index is 9.58. The highest BCUT2D eigenvalue weighted by Crippen LogP contribution is 2.28. The van der Waals surface area contributed by atoms with Crippen molar-refractivity contribution in [3.8, 4) is 0 Å². The van der Waals surface area contributed by atoms with Crippen LogP contribution < -0.4 is 0 Å². The summed E-state index contributed by atoms with van der Waals surface area (Å²) in [5.74, 6) is 0.0173. The van der Waals surface area contributed by atoms with Gasteiger partial charge in [0.15, 0.2) is 0 Å². The van der Waals surface area contributed by atoms with Gasteiger partial charge in [0, 0.05) is 5.92 Å². The van der Waals surface area contributed by atoms with Crippen molar-refractivity contribution in [2.45, 2.75) is 32.5 Å². The molecule has 0 saturated carbocycles. The molecule has 2 N–H and O–H groups in total. The molecule has 1 rings (SSSR count). The molecule has 3 atom stereocenters. The van der Waals surface area contributed by atoms with Crippen LogP contribution >= 0.6 is 0 Å². The molecule has 0 bridgehead atoms. The molecule has 0 aromatic rings. The molecule has 2 heteroatoms. The Hall–Kier alpha value is -0.600. The molecule has 1 aliphatic carbocycles. The summed E-state index contributed by atoms with van der Waals surface area (Å²) < 4.78 is 0. The molecule has 0 fully saturated rings.